The molecule has 36 heavy (non-hydrogen) atoms. The number of amides is 1. The number of hydrogen-bond donors (Lipinski definition) is 2. The molecule has 2 N–H and O–H groups in total. The molecule has 4 rings (SSSR count). The number of carbonyl (C=O) groups excluding carboxylic acids is 1. The molecule has 0 radical (unpaired) electrons. The summed E-state index contributed by atoms with van der Waals surface area (Å²) in [5.41, 5.74) is 0.625. The highest BCUT2D eigenvalue weighted by molar-refractivity contribution is 7.92. The molecular weight excluding hydrogens is 573 g/mol. The van der Waals surface area contributed by atoms with Crippen molar-refractivity contribution in [2.45, 2.75) is 11.0 Å². The summed E-state index contributed by atoms with van der Waals surface area (Å²) >= 11 is 18.0. The third-order valence-electron chi connectivity index (χ3n) is 5.11. The quantitative estimate of drug-likeness (QED) is 0.432. The molecule has 0 aromatic heterocycles. The second kappa shape index (κ2) is 9.98. The first-order valence-corrected chi connectivity index (χ1v) is 14.6. The first-order valence-electron chi connectivity index (χ1n) is 10.2. The van der Waals surface area contributed by atoms with Gasteiger partial charge in [-0.2, -0.15) is 0 Å². The Labute approximate surface area is 223 Å². The van der Waals surface area contributed by atoms with Crippen LogP contribution in [-0.4, -0.2) is 41.6 Å². The summed E-state index contributed by atoms with van der Waals surface area (Å²) in [6, 6.07) is 14.3. The predicted octanol–water partition coefficient (Wildman–Crippen LogP) is 4.61. The van der Waals surface area contributed by atoms with Crippen LogP contribution in [-0.2, 0) is 24.8 Å². The molecule has 9 nitrogen and oxygen atoms in total. The second-order valence-corrected chi connectivity index (χ2v) is 12.5. The summed E-state index contributed by atoms with van der Waals surface area (Å²) < 4.78 is 59.2. The minimum Gasteiger partial charge on any atom is -0.476 e. The van der Waals surface area contributed by atoms with Crippen LogP contribution >= 0.6 is 34.8 Å². The van der Waals surface area contributed by atoms with Crippen molar-refractivity contribution < 1.29 is 26.4 Å². The van der Waals surface area contributed by atoms with Gasteiger partial charge in [0.2, 0.25) is 10.0 Å². The fourth-order valence-corrected chi connectivity index (χ4v) is 5.95. The van der Waals surface area contributed by atoms with Crippen LogP contribution < -0.4 is 19.1 Å². The van der Waals surface area contributed by atoms with Gasteiger partial charge in [0.25, 0.3) is 15.9 Å². The highest BCUT2D eigenvalue weighted by atomic mass is 35.5. The number of nitrogens with zero attached hydrogens (tertiary/aromatic N) is 1. The maximum atomic E-state index is 12.9. The third-order valence-corrected chi connectivity index (χ3v) is 8.69. The van der Waals surface area contributed by atoms with Crippen molar-refractivity contribution in [3.63, 3.8) is 0 Å². The Morgan fingerprint density at radius 3 is 2.36 bits per heavy atom. The molecule has 3 aromatic rings. The Hall–Kier alpha value is -2.70. The van der Waals surface area contributed by atoms with Gasteiger partial charge in [0.1, 0.15) is 5.75 Å². The van der Waals surface area contributed by atoms with Crippen LogP contribution in [0, 0.1) is 0 Å². The summed E-state index contributed by atoms with van der Waals surface area (Å²) in [6.45, 7) is -0.269. The molecule has 1 amide bonds. The molecule has 0 unspecified atom stereocenters. The largest absolute Gasteiger partial charge is 0.476 e. The zero-order valence-electron chi connectivity index (χ0n) is 18.4. The van der Waals surface area contributed by atoms with Gasteiger partial charge in [0.05, 0.1) is 39.1 Å². The molecule has 1 atom stereocenters. The number of hydrogen-bond acceptors (Lipinski definition) is 6. The summed E-state index contributed by atoms with van der Waals surface area (Å²) in [7, 11) is -7.72. The lowest BCUT2D eigenvalue weighted by molar-refractivity contribution is -0.122. The van der Waals surface area contributed by atoms with Crippen LogP contribution in [0.3, 0.4) is 0 Å². The van der Waals surface area contributed by atoms with Gasteiger partial charge < -0.3 is 10.1 Å². The molecule has 0 saturated heterocycles. The highest BCUT2D eigenvalue weighted by Crippen LogP contribution is 2.37. The third kappa shape index (κ3) is 5.65. The monoisotopic (exact) mass is 589 g/mol. The van der Waals surface area contributed by atoms with Crippen molar-refractivity contribution >= 4 is 77.8 Å². The van der Waals surface area contributed by atoms with Gasteiger partial charge in [-0.15, -0.1) is 0 Å². The van der Waals surface area contributed by atoms with Crippen LogP contribution in [0.4, 0.5) is 17.1 Å². The number of nitrogens with one attached hydrogen (secondary N) is 2. The van der Waals surface area contributed by atoms with E-state index in [0.717, 1.165) is 10.6 Å². The summed E-state index contributed by atoms with van der Waals surface area (Å²) in [5.74, 6) is -0.438. The van der Waals surface area contributed by atoms with Crippen LogP contribution in [0.5, 0.6) is 5.75 Å². The van der Waals surface area contributed by atoms with Crippen LogP contribution in [0.1, 0.15) is 0 Å². The van der Waals surface area contributed by atoms with Gasteiger partial charge in [0, 0.05) is 10.7 Å². The van der Waals surface area contributed by atoms with E-state index >= 15 is 0 Å². The smallest absolute Gasteiger partial charge is 0.267 e. The fourth-order valence-electron chi connectivity index (χ4n) is 3.40. The number of ether oxygens (including phenoxy) is 1. The van der Waals surface area contributed by atoms with E-state index in [-0.39, 0.29) is 44.3 Å². The average Bonchev–Trinajstić information content (AvgIpc) is 2.81. The first-order chi connectivity index (χ1) is 16.8. The lowest BCUT2D eigenvalue weighted by Crippen LogP contribution is -2.48. The predicted molar refractivity (Wildman–Crippen MR) is 140 cm³/mol. The molecule has 0 aliphatic carbocycles. The van der Waals surface area contributed by atoms with Crippen molar-refractivity contribution in [2.24, 2.45) is 0 Å². The maximum absolute atomic E-state index is 12.9. The SMILES string of the molecule is CS(=O)(=O)N1C[C@H](C(=O)Nc2ccc(S(=O)(=O)Nc3cccc(Cl)c3Cl)cc2)Oc2ccc(Cl)cc21. The van der Waals surface area contributed by atoms with Crippen molar-refractivity contribution in [2.75, 3.05) is 27.1 Å². The molecular formula is C22H18Cl3N3O6S2. The van der Waals surface area contributed by atoms with Crippen molar-refractivity contribution in [3.05, 3.63) is 75.7 Å². The Morgan fingerprint density at radius 1 is 1.00 bits per heavy atom. The molecule has 0 fully saturated rings. The Bertz CT molecular complexity index is 1550. The maximum Gasteiger partial charge on any atom is 0.267 e. The van der Waals surface area contributed by atoms with Gasteiger partial charge >= 0.3 is 0 Å². The fraction of sp³-hybridized carbons (Fsp3) is 0.136. The number of sulfonamides is 2. The Kier molecular flexibility index (Phi) is 7.31. The minimum atomic E-state index is -3.99. The van der Waals surface area contributed by atoms with E-state index in [1.165, 1.54) is 54.6 Å². The standard InChI is InChI=1S/C22H18Cl3N3O6S2/c1-35(30,31)28-12-20(34-19-10-5-13(23)11-18(19)28)22(29)26-14-6-8-15(9-7-14)36(32,33)27-17-4-2-3-16(24)21(17)25/h2-11,20,27H,12H2,1H3,(H,26,29)/t20-/m1/s1. The number of rotatable bonds is 6. The normalized spacial score (nSPS) is 15.6. The van der Waals surface area contributed by atoms with Crippen molar-refractivity contribution in [3.8, 4) is 5.75 Å². The second-order valence-electron chi connectivity index (χ2n) is 7.73. The summed E-state index contributed by atoms with van der Waals surface area (Å²) in [5, 5.41) is 3.18. The zero-order chi connectivity index (χ0) is 26.3. The number of halogens is 3. The van der Waals surface area contributed by atoms with E-state index in [1.54, 1.807) is 6.07 Å². The lowest BCUT2D eigenvalue weighted by Gasteiger charge is -2.34. The molecule has 0 spiro atoms. The number of benzene rings is 3. The van der Waals surface area contributed by atoms with Gasteiger partial charge in [0.15, 0.2) is 6.10 Å². The van der Waals surface area contributed by atoms with E-state index in [0.29, 0.717) is 5.02 Å². The molecule has 14 heteroatoms. The van der Waals surface area contributed by atoms with E-state index < -0.39 is 32.1 Å². The highest BCUT2D eigenvalue weighted by Gasteiger charge is 2.35. The molecule has 1 aliphatic rings. The van der Waals surface area contributed by atoms with Crippen molar-refractivity contribution in [1.29, 1.82) is 0 Å². The molecule has 1 heterocycles. The van der Waals surface area contributed by atoms with Crippen LogP contribution in [0.25, 0.3) is 0 Å². The van der Waals surface area contributed by atoms with E-state index in [2.05, 4.69) is 10.0 Å². The molecule has 0 saturated carbocycles. The summed E-state index contributed by atoms with van der Waals surface area (Å²) in [6.07, 6.45) is -0.148. The van der Waals surface area contributed by atoms with E-state index in [1.807, 2.05) is 0 Å². The van der Waals surface area contributed by atoms with Gasteiger partial charge in [-0.25, -0.2) is 16.8 Å². The van der Waals surface area contributed by atoms with Crippen LogP contribution in [0.2, 0.25) is 15.1 Å². The van der Waals surface area contributed by atoms with Crippen LogP contribution in [0.15, 0.2) is 65.6 Å². The van der Waals surface area contributed by atoms with Gasteiger partial charge in [-0.1, -0.05) is 40.9 Å². The number of fused-ring (bicyclic) bond motifs is 1. The van der Waals surface area contributed by atoms with Crippen molar-refractivity contribution in [1.82, 2.24) is 0 Å². The Morgan fingerprint density at radius 2 is 1.69 bits per heavy atom. The number of anilines is 3. The Balaban J connectivity index is 1.50. The summed E-state index contributed by atoms with van der Waals surface area (Å²) in [4.78, 5) is 12.8. The zero-order valence-corrected chi connectivity index (χ0v) is 22.3. The first kappa shape index (κ1) is 26.4. The molecule has 1 aliphatic heterocycles. The lowest BCUT2D eigenvalue weighted by atomic mass is 10.2. The van der Waals surface area contributed by atoms with E-state index in [9.17, 15) is 21.6 Å². The van der Waals surface area contributed by atoms with E-state index in [4.69, 9.17) is 39.5 Å². The molecule has 0 bridgehead atoms. The molecule has 3 aromatic carbocycles. The van der Waals surface area contributed by atoms with Gasteiger partial charge in [-0.3, -0.25) is 13.8 Å². The minimum absolute atomic E-state index is 0.0612. The molecule has 190 valence electrons. The van der Waals surface area contributed by atoms with Gasteiger partial charge in [-0.05, 0) is 54.6 Å². The number of carbonyl (C=O) groups is 1. The average molecular weight is 591 g/mol. The topological polar surface area (TPSA) is 122 Å².